The van der Waals surface area contributed by atoms with Gasteiger partial charge in [-0.25, -0.2) is 0 Å². The SMILES string of the molecule is CC(C)(CCCCN(C(C)(C)C)C(C)(C)C)C(CN)CCN.CC(C)(CCCCN(C(C)(C)C)C(C)(C)C)C(C[NH-])CC[NH-].[Cl-].[Cl-].[Cl-].[Cl-].[Cu+2].[Cu+2]. The first-order chi connectivity index (χ1) is 19.7. The van der Waals surface area contributed by atoms with E-state index >= 15 is 0 Å². The fraction of sp³-hybridized carbons (Fsp3) is 1.00. The van der Waals surface area contributed by atoms with Crippen molar-refractivity contribution in [3.05, 3.63) is 11.5 Å². The van der Waals surface area contributed by atoms with E-state index in [-0.39, 0.29) is 111 Å². The molecule has 2 radical (unpaired) electrons. The molecule has 0 saturated heterocycles. The number of hydrogen-bond acceptors (Lipinski definition) is 4. The minimum Gasteiger partial charge on any atom is -1.00 e. The van der Waals surface area contributed by atoms with Crippen LogP contribution in [0.3, 0.4) is 0 Å². The van der Waals surface area contributed by atoms with E-state index in [1.54, 1.807) is 0 Å². The van der Waals surface area contributed by atoms with Crippen LogP contribution in [0.4, 0.5) is 0 Å². The summed E-state index contributed by atoms with van der Waals surface area (Å²) in [6, 6.07) is 0. The van der Waals surface area contributed by atoms with Crippen molar-refractivity contribution in [3.8, 4) is 0 Å². The Hall–Kier alpha value is 1.96. The van der Waals surface area contributed by atoms with Gasteiger partial charge in [0.2, 0.25) is 0 Å². The molecule has 0 saturated carbocycles. The molecule has 2 atom stereocenters. The van der Waals surface area contributed by atoms with Crippen molar-refractivity contribution >= 4 is 0 Å². The van der Waals surface area contributed by atoms with Crippen molar-refractivity contribution < 1.29 is 83.8 Å². The van der Waals surface area contributed by atoms with Gasteiger partial charge < -0.3 is 72.6 Å². The van der Waals surface area contributed by atoms with Gasteiger partial charge in [0.05, 0.1) is 0 Å². The Balaban J connectivity index is -0.000000105. The average Bonchev–Trinajstić information content (AvgIpc) is 2.82. The van der Waals surface area contributed by atoms with Gasteiger partial charge in [-0.15, -0.1) is 6.54 Å². The topological polar surface area (TPSA) is 106 Å². The van der Waals surface area contributed by atoms with Gasteiger partial charge in [-0.1, -0.05) is 52.9 Å². The minimum absolute atomic E-state index is 0. The summed E-state index contributed by atoms with van der Waals surface area (Å²) in [6.45, 7) is 41.6. The Kier molecular flexibility index (Phi) is 43.4. The molecule has 0 aliphatic carbocycles. The number of nitrogens with one attached hydrogen (secondary N) is 2. The van der Waals surface area contributed by atoms with E-state index in [4.69, 9.17) is 22.9 Å². The van der Waals surface area contributed by atoms with Gasteiger partial charge in [-0.3, -0.25) is 9.80 Å². The van der Waals surface area contributed by atoms with Gasteiger partial charge in [0.1, 0.15) is 0 Å². The quantitative estimate of drug-likeness (QED) is 0.126. The molecular formula is C38H84Cl4Cu2N6-2. The maximum atomic E-state index is 7.74. The van der Waals surface area contributed by atoms with Gasteiger partial charge in [-0.2, -0.15) is 6.54 Å². The van der Waals surface area contributed by atoms with E-state index in [1.165, 1.54) is 38.5 Å². The van der Waals surface area contributed by atoms with Crippen LogP contribution >= 0.6 is 0 Å². The van der Waals surface area contributed by atoms with Gasteiger partial charge in [0.15, 0.2) is 0 Å². The maximum Gasteiger partial charge on any atom is 2.00 e. The van der Waals surface area contributed by atoms with Crippen LogP contribution in [0.1, 0.15) is 162 Å². The van der Waals surface area contributed by atoms with Crippen LogP contribution in [-0.4, -0.2) is 71.2 Å². The second-order valence-electron chi connectivity index (χ2n) is 18.8. The molecule has 12 heteroatoms. The van der Waals surface area contributed by atoms with Gasteiger partial charge in [0, 0.05) is 22.2 Å². The van der Waals surface area contributed by atoms with Crippen LogP contribution in [0.25, 0.3) is 11.5 Å². The molecule has 0 heterocycles. The summed E-state index contributed by atoms with van der Waals surface area (Å²) in [5, 5.41) is 0. The van der Waals surface area contributed by atoms with Crippen LogP contribution < -0.4 is 61.1 Å². The number of nitrogens with two attached hydrogens (primary N) is 2. The summed E-state index contributed by atoms with van der Waals surface area (Å²) in [5.41, 5.74) is 28.2. The smallest absolute Gasteiger partial charge is 1.00 e. The summed E-state index contributed by atoms with van der Waals surface area (Å²) >= 11 is 0. The van der Waals surface area contributed by atoms with Crippen molar-refractivity contribution in [2.45, 2.75) is 184 Å². The molecule has 0 aromatic carbocycles. The molecule has 0 rings (SSSR count). The second kappa shape index (κ2) is 31.1. The largest absolute Gasteiger partial charge is 2.00 e. The van der Waals surface area contributed by atoms with Crippen LogP contribution in [0.15, 0.2) is 0 Å². The van der Waals surface area contributed by atoms with E-state index in [9.17, 15) is 0 Å². The van der Waals surface area contributed by atoms with E-state index in [0.29, 0.717) is 30.3 Å². The second-order valence-corrected chi connectivity index (χ2v) is 18.8. The van der Waals surface area contributed by atoms with Gasteiger partial charge in [-0.05, 0) is 158 Å². The molecule has 6 nitrogen and oxygen atoms in total. The third kappa shape index (κ3) is 29.3. The molecule has 0 fully saturated rings. The molecule has 0 aliphatic rings. The predicted octanol–water partition coefficient (Wildman–Crippen LogP) is -1.79. The molecule has 6 N–H and O–H groups in total. The molecule has 318 valence electrons. The van der Waals surface area contributed by atoms with Crippen molar-refractivity contribution in [1.29, 1.82) is 0 Å². The van der Waals surface area contributed by atoms with Crippen molar-refractivity contribution in [2.75, 3.05) is 39.3 Å². The van der Waals surface area contributed by atoms with E-state index in [0.717, 1.165) is 39.0 Å². The molecule has 0 aromatic rings. The number of nitrogens with zero attached hydrogens (tertiary/aromatic N) is 2. The Bertz CT molecular complexity index is 660. The maximum absolute atomic E-state index is 7.74. The van der Waals surface area contributed by atoms with Crippen LogP contribution in [-0.2, 0) is 34.1 Å². The van der Waals surface area contributed by atoms with Crippen LogP contribution in [0, 0.1) is 22.7 Å². The van der Waals surface area contributed by atoms with Crippen molar-refractivity contribution in [1.82, 2.24) is 9.80 Å². The first kappa shape index (κ1) is 69.8. The molecule has 0 bridgehead atoms. The summed E-state index contributed by atoms with van der Waals surface area (Å²) in [5.74, 6) is 0.908. The van der Waals surface area contributed by atoms with Crippen molar-refractivity contribution in [2.24, 2.45) is 34.1 Å². The third-order valence-electron chi connectivity index (χ3n) is 9.89. The van der Waals surface area contributed by atoms with E-state index in [2.05, 4.69) is 121 Å². The zero-order chi connectivity index (χ0) is 35.2. The van der Waals surface area contributed by atoms with Crippen LogP contribution in [0.5, 0.6) is 0 Å². The fourth-order valence-corrected chi connectivity index (χ4v) is 7.44. The first-order valence-corrected chi connectivity index (χ1v) is 18.0. The summed E-state index contributed by atoms with van der Waals surface area (Å²) in [6.07, 6.45) is 9.24. The molecule has 0 amide bonds. The third-order valence-corrected chi connectivity index (χ3v) is 9.89. The Morgan fingerprint density at radius 2 is 0.780 bits per heavy atom. The van der Waals surface area contributed by atoms with Crippen molar-refractivity contribution in [3.63, 3.8) is 0 Å². The summed E-state index contributed by atoms with van der Waals surface area (Å²) in [4.78, 5) is 5.21. The van der Waals surface area contributed by atoms with Crippen LogP contribution in [0.2, 0.25) is 0 Å². The number of unbranched alkanes of at least 4 members (excludes halogenated alkanes) is 2. The number of halogens is 4. The van der Waals surface area contributed by atoms with E-state index < -0.39 is 0 Å². The summed E-state index contributed by atoms with van der Waals surface area (Å²) < 4.78 is 0. The van der Waals surface area contributed by atoms with Gasteiger partial charge in [0.25, 0.3) is 0 Å². The molecule has 2 unspecified atom stereocenters. The van der Waals surface area contributed by atoms with Gasteiger partial charge >= 0.3 is 34.1 Å². The normalized spacial score (nSPS) is 13.6. The zero-order valence-electron chi connectivity index (χ0n) is 35.2. The average molecular weight is 894 g/mol. The Morgan fingerprint density at radius 1 is 0.480 bits per heavy atom. The molecule has 0 spiro atoms. The first-order valence-electron chi connectivity index (χ1n) is 18.0. The minimum atomic E-state index is 0. The monoisotopic (exact) mass is 890 g/mol. The molecule has 50 heavy (non-hydrogen) atoms. The predicted molar refractivity (Wildman–Crippen MR) is 200 cm³/mol. The standard InChI is InChI=1S/C19H43N3.C19H41N3.4ClH.2Cu/c2*1-17(2,3)22(18(4,5)6)14-10-9-12-19(7,8)16(15-21)11-13-20;;;;;;/h16H,9-15,20-21H2,1-8H3;16,20-21H,9-15H2,1-8H3;4*1H;;/q;-2;;;;;2*+2/p-4. The number of rotatable bonds is 18. The Labute approximate surface area is 360 Å². The fourth-order valence-electron chi connectivity index (χ4n) is 7.44. The number of hydrogen-bond donors (Lipinski definition) is 2. The zero-order valence-corrected chi connectivity index (χ0v) is 40.1. The molecular weight excluding hydrogens is 809 g/mol. The molecule has 0 aliphatic heterocycles. The van der Waals surface area contributed by atoms with E-state index in [1.807, 2.05) is 0 Å². The molecule has 0 aromatic heterocycles. The Morgan fingerprint density at radius 3 is 1.00 bits per heavy atom. The summed E-state index contributed by atoms with van der Waals surface area (Å²) in [7, 11) is 0.